The maximum atomic E-state index is 15.6. The van der Waals surface area contributed by atoms with Gasteiger partial charge in [0.25, 0.3) is 32.1 Å². The molecule has 554 valence electrons. The van der Waals surface area contributed by atoms with Gasteiger partial charge in [0.2, 0.25) is 0 Å². The summed E-state index contributed by atoms with van der Waals surface area (Å²) in [6.45, 7) is 23.8. The van der Waals surface area contributed by atoms with E-state index in [-0.39, 0.29) is 121 Å². The summed E-state index contributed by atoms with van der Waals surface area (Å²) in [6.07, 6.45) is 2.66. The number of carbonyl (C=O) groups excluding carboxylic acids is 3. The number of carbonyl (C=O) groups is 3. The molecule has 3 aliphatic heterocycles. The SMILES string of the molecule is C=C1CCC(=O)N1OC(=O)CCCCCN(CCOCCOCCOCCOCCOCCOCCOCCOCCOCCOCCOCCOC)C(=O)c1ccc(S(C)(=O)=O)cc1C1=c2cc3c(c(S(=O)(=O)O)c2Oc2c1cc1c(c2S(=O)(=O)O)CC(C)C1(C)C)=NC(C)C3(C)C. The number of hydrogen-bond donors (Lipinski definition) is 2. The summed E-state index contributed by atoms with van der Waals surface area (Å²) < 4.78 is 178. The summed E-state index contributed by atoms with van der Waals surface area (Å²) in [5, 5.41) is 0.732. The van der Waals surface area contributed by atoms with Gasteiger partial charge in [-0.2, -0.15) is 16.8 Å². The number of fused-ring (bicyclic) bond motifs is 4. The third-order valence-corrected chi connectivity index (χ3v) is 20.8. The number of benzene rings is 3. The number of allylic oxidation sites excluding steroid dienone is 1. The lowest BCUT2D eigenvalue weighted by Gasteiger charge is -2.31. The van der Waals surface area contributed by atoms with Crippen LogP contribution in [-0.2, 0) is 119 Å². The Bertz CT molecular complexity index is 3720. The lowest BCUT2D eigenvalue weighted by atomic mass is 9.77. The van der Waals surface area contributed by atoms with Gasteiger partial charge in [-0.15, -0.1) is 5.06 Å². The highest BCUT2D eigenvalue weighted by Gasteiger charge is 2.46. The monoisotopic (exact) mass is 1450 g/mol. The van der Waals surface area contributed by atoms with Crippen molar-refractivity contribution in [2.75, 3.05) is 178 Å². The summed E-state index contributed by atoms with van der Waals surface area (Å²) in [6, 6.07) is 6.57. The molecule has 3 heterocycles. The molecule has 3 aromatic carbocycles. The van der Waals surface area contributed by atoms with Crippen LogP contribution in [0, 0.1) is 5.92 Å². The Kier molecular flexibility index (Phi) is 31.2. The number of hydroxylamine groups is 2. The molecule has 0 aromatic heterocycles. The van der Waals surface area contributed by atoms with Crippen LogP contribution in [0.1, 0.15) is 118 Å². The number of hydrogen-bond acceptors (Lipinski definition) is 24. The predicted molar refractivity (Wildman–Crippen MR) is 359 cm³/mol. The van der Waals surface area contributed by atoms with E-state index >= 15 is 4.79 Å². The number of ether oxygens (including phenoxy) is 13. The Labute approximate surface area is 581 Å². The van der Waals surface area contributed by atoms with E-state index in [0.717, 1.165) is 11.3 Å². The van der Waals surface area contributed by atoms with Crippen molar-refractivity contribution in [3.8, 4) is 11.5 Å². The minimum Gasteiger partial charge on any atom is -0.453 e. The predicted octanol–water partition coefficient (Wildman–Crippen LogP) is 5.13. The van der Waals surface area contributed by atoms with E-state index in [1.54, 1.807) is 26.2 Å². The molecular weight excluding hydrogens is 1350 g/mol. The molecular formula is C68H99N3O25S3. The first-order valence-electron chi connectivity index (χ1n) is 33.4. The minimum atomic E-state index is -5.29. The maximum absolute atomic E-state index is 15.6. The second-order valence-electron chi connectivity index (χ2n) is 25.4. The molecule has 0 spiro atoms. The molecule has 3 aromatic rings. The Morgan fingerprint density at radius 2 is 1.09 bits per heavy atom. The molecule has 2 unspecified atom stereocenters. The van der Waals surface area contributed by atoms with Gasteiger partial charge in [-0.3, -0.25) is 23.7 Å². The summed E-state index contributed by atoms with van der Waals surface area (Å²) in [5.41, 5.74) is -0.388. The highest BCUT2D eigenvalue weighted by molar-refractivity contribution is 7.90. The second kappa shape index (κ2) is 38.2. The van der Waals surface area contributed by atoms with E-state index in [4.69, 9.17) is 66.4 Å². The van der Waals surface area contributed by atoms with E-state index in [0.29, 0.717) is 161 Å². The molecule has 28 nitrogen and oxygen atoms in total. The van der Waals surface area contributed by atoms with Crippen LogP contribution in [0.4, 0.5) is 0 Å². The van der Waals surface area contributed by atoms with E-state index in [2.05, 4.69) is 11.6 Å². The molecule has 99 heavy (non-hydrogen) atoms. The fraction of sp³-hybridized carbons (Fsp3) is 0.647. The molecule has 4 aliphatic rings. The van der Waals surface area contributed by atoms with Gasteiger partial charge in [0, 0.05) is 66.6 Å². The topological polar surface area (TPSA) is 342 Å². The third kappa shape index (κ3) is 22.5. The molecule has 1 fully saturated rings. The van der Waals surface area contributed by atoms with Gasteiger partial charge in [-0.1, -0.05) is 47.6 Å². The van der Waals surface area contributed by atoms with Gasteiger partial charge in [-0.05, 0) is 96.5 Å². The fourth-order valence-electron chi connectivity index (χ4n) is 11.6. The van der Waals surface area contributed by atoms with Gasteiger partial charge in [-0.25, -0.2) is 13.2 Å². The number of amides is 2. The van der Waals surface area contributed by atoms with Crippen LogP contribution in [0.5, 0.6) is 11.5 Å². The van der Waals surface area contributed by atoms with Crippen molar-refractivity contribution in [3.05, 3.63) is 86.6 Å². The Hall–Kier alpha value is -5.43. The first-order chi connectivity index (χ1) is 47.1. The molecule has 2 N–H and O–H groups in total. The zero-order valence-electron chi connectivity index (χ0n) is 58.2. The molecule has 2 amide bonds. The van der Waals surface area contributed by atoms with Crippen LogP contribution in [-0.4, -0.2) is 247 Å². The number of methoxy groups -OCH3 is 1. The van der Waals surface area contributed by atoms with Gasteiger partial charge < -0.3 is 71.3 Å². The zero-order chi connectivity index (χ0) is 72.0. The highest BCUT2D eigenvalue weighted by atomic mass is 32.2. The quantitative estimate of drug-likeness (QED) is 0.0427. The summed E-state index contributed by atoms with van der Waals surface area (Å²) in [4.78, 5) is 50.5. The summed E-state index contributed by atoms with van der Waals surface area (Å²) in [7, 11) is -13.0. The van der Waals surface area contributed by atoms with Crippen molar-refractivity contribution >= 4 is 53.4 Å². The van der Waals surface area contributed by atoms with Gasteiger partial charge in [0.15, 0.2) is 26.2 Å². The van der Waals surface area contributed by atoms with Crippen LogP contribution >= 0.6 is 0 Å². The van der Waals surface area contributed by atoms with E-state index < -0.39 is 80.1 Å². The van der Waals surface area contributed by atoms with Crippen molar-refractivity contribution in [1.82, 2.24) is 9.96 Å². The molecule has 1 aliphatic carbocycles. The Morgan fingerprint density at radius 1 is 0.606 bits per heavy atom. The lowest BCUT2D eigenvalue weighted by molar-refractivity contribution is -0.186. The van der Waals surface area contributed by atoms with Crippen LogP contribution in [0.3, 0.4) is 0 Å². The Morgan fingerprint density at radius 3 is 1.55 bits per heavy atom. The smallest absolute Gasteiger partial charge is 0.333 e. The molecule has 31 heteroatoms. The minimum absolute atomic E-state index is 0.0103. The zero-order valence-corrected chi connectivity index (χ0v) is 60.7. The molecule has 2 atom stereocenters. The van der Waals surface area contributed by atoms with Crippen molar-refractivity contribution < 1.29 is 115 Å². The molecule has 0 saturated carbocycles. The average Bonchev–Trinajstić information content (AvgIpc) is 1.69. The number of unbranched alkanes of at least 4 members (excludes halogenated alkanes) is 2. The van der Waals surface area contributed by atoms with Crippen molar-refractivity contribution in [1.29, 1.82) is 0 Å². The van der Waals surface area contributed by atoms with E-state index in [1.807, 2.05) is 34.6 Å². The lowest BCUT2D eigenvalue weighted by Crippen LogP contribution is -2.36. The van der Waals surface area contributed by atoms with Crippen LogP contribution in [0.25, 0.3) is 5.57 Å². The first-order valence-corrected chi connectivity index (χ1v) is 38.2. The highest BCUT2D eigenvalue weighted by Crippen LogP contribution is 2.53. The number of nitrogens with zero attached hydrogens (tertiary/aromatic N) is 3. The van der Waals surface area contributed by atoms with E-state index in [9.17, 15) is 43.9 Å². The first kappa shape index (κ1) is 80.9. The largest absolute Gasteiger partial charge is 0.453 e. The van der Waals surface area contributed by atoms with Crippen LogP contribution < -0.4 is 15.3 Å². The second-order valence-corrected chi connectivity index (χ2v) is 30.1. The summed E-state index contributed by atoms with van der Waals surface area (Å²) >= 11 is 0. The molecule has 7 rings (SSSR count). The standard InChI is InChI=1S/C68H99N3O25S3/c1-47-43-53-56(67(47,4)5)45-54-60(55-46-57-61(69-49(3)68(57,6)7)65(99(80,81)82)63(55)95-62(54)64(53)98(77,78)79)52-44-50(97(9,75)76)15-16-51(52)66(74)70(18-12-10-11-13-59(73)96-71-48(2)14-17-58(71)72)19-20-84-23-24-86-27-28-88-31-32-90-35-36-92-39-40-94-42-41-93-38-37-91-34-33-89-30-29-87-26-25-85-22-21-83-8/h15-16,44-47,49H,2,10-14,17-43H2,1,3-9H3,(H,77,78,79)(H,80,81,82). The van der Waals surface area contributed by atoms with Crippen molar-refractivity contribution in [3.63, 3.8) is 0 Å². The Balaban J connectivity index is 0.948. The van der Waals surface area contributed by atoms with Crippen molar-refractivity contribution in [2.45, 2.75) is 118 Å². The van der Waals surface area contributed by atoms with E-state index in [1.165, 1.54) is 23.1 Å². The summed E-state index contributed by atoms with van der Waals surface area (Å²) in [5.74, 6) is -2.93. The maximum Gasteiger partial charge on any atom is 0.333 e. The molecule has 0 bridgehead atoms. The van der Waals surface area contributed by atoms with Crippen LogP contribution in [0.15, 0.2) is 62.3 Å². The average molecular weight is 1450 g/mol. The van der Waals surface area contributed by atoms with Crippen LogP contribution in [0.2, 0.25) is 0 Å². The van der Waals surface area contributed by atoms with Gasteiger partial charge in [0.1, 0.15) is 4.90 Å². The molecule has 0 radical (unpaired) electrons. The number of rotatable bonds is 48. The normalized spacial score (nSPS) is 16.9. The van der Waals surface area contributed by atoms with Crippen molar-refractivity contribution in [2.24, 2.45) is 10.9 Å². The van der Waals surface area contributed by atoms with Gasteiger partial charge >= 0.3 is 5.97 Å². The number of sulfone groups is 1. The van der Waals surface area contributed by atoms with Gasteiger partial charge in [0.05, 0.1) is 174 Å². The molecule has 1 saturated heterocycles. The fourth-order valence-corrected chi connectivity index (χ4v) is 14.0. The third-order valence-electron chi connectivity index (χ3n) is 17.8.